The summed E-state index contributed by atoms with van der Waals surface area (Å²) in [6, 6.07) is 0. The predicted octanol–water partition coefficient (Wildman–Crippen LogP) is -0.883. The van der Waals surface area contributed by atoms with Crippen molar-refractivity contribution in [1.82, 2.24) is 5.32 Å². The monoisotopic (exact) mass is 216 g/mol. The van der Waals surface area contributed by atoms with Crippen LogP contribution in [0.5, 0.6) is 0 Å². The first-order chi connectivity index (χ1) is 6.90. The molecular formula is C10H20N2O3. The van der Waals surface area contributed by atoms with E-state index in [1.807, 2.05) is 0 Å². The minimum absolute atomic E-state index is 0.0291. The molecule has 1 saturated carbocycles. The van der Waals surface area contributed by atoms with Crippen LogP contribution in [0.1, 0.15) is 32.6 Å². The smallest absolute Gasteiger partial charge is 0.240 e. The average molecular weight is 216 g/mol. The van der Waals surface area contributed by atoms with Crippen LogP contribution in [0.4, 0.5) is 0 Å². The molecule has 0 aromatic carbocycles. The Morgan fingerprint density at radius 2 is 2.07 bits per heavy atom. The van der Waals surface area contributed by atoms with Gasteiger partial charge in [-0.25, -0.2) is 0 Å². The Morgan fingerprint density at radius 3 is 2.53 bits per heavy atom. The minimum atomic E-state index is -1.27. The van der Waals surface area contributed by atoms with E-state index in [2.05, 4.69) is 5.32 Å². The average Bonchev–Trinajstić information content (AvgIpc) is 2.63. The van der Waals surface area contributed by atoms with E-state index in [1.165, 1.54) is 6.92 Å². The van der Waals surface area contributed by atoms with Crippen molar-refractivity contribution >= 4 is 5.91 Å². The highest BCUT2D eigenvalue weighted by Gasteiger charge is 2.37. The van der Waals surface area contributed by atoms with Crippen molar-refractivity contribution in [3.8, 4) is 0 Å². The number of hydrogen-bond donors (Lipinski definition) is 4. The van der Waals surface area contributed by atoms with Crippen molar-refractivity contribution in [2.24, 2.45) is 5.73 Å². The molecule has 0 aromatic rings. The molecule has 5 heteroatoms. The Morgan fingerprint density at radius 1 is 1.53 bits per heavy atom. The highest BCUT2D eigenvalue weighted by molar-refractivity contribution is 5.86. The Hall–Kier alpha value is -0.650. The molecule has 0 radical (unpaired) electrons. The fourth-order valence-corrected chi connectivity index (χ4v) is 1.74. The molecular weight excluding hydrogens is 196 g/mol. The maximum atomic E-state index is 11.7. The molecule has 1 amide bonds. The molecule has 1 fully saturated rings. The van der Waals surface area contributed by atoms with Crippen LogP contribution >= 0.6 is 0 Å². The molecule has 5 nitrogen and oxygen atoms in total. The zero-order valence-corrected chi connectivity index (χ0v) is 9.12. The molecule has 0 spiro atoms. The number of rotatable bonds is 4. The fourth-order valence-electron chi connectivity index (χ4n) is 1.74. The number of carbonyl (C=O) groups is 1. The number of carbonyl (C=O) groups excluding carboxylic acids is 1. The third-order valence-corrected chi connectivity index (χ3v) is 2.92. The van der Waals surface area contributed by atoms with E-state index in [-0.39, 0.29) is 19.1 Å². The molecule has 88 valence electrons. The summed E-state index contributed by atoms with van der Waals surface area (Å²) in [6.07, 6.45) is 3.33. The lowest BCUT2D eigenvalue weighted by Crippen LogP contribution is -2.55. The Bertz CT molecular complexity index is 235. The van der Waals surface area contributed by atoms with Crippen molar-refractivity contribution in [2.45, 2.75) is 43.7 Å². The van der Waals surface area contributed by atoms with Crippen molar-refractivity contribution < 1.29 is 15.0 Å². The summed E-state index contributed by atoms with van der Waals surface area (Å²) < 4.78 is 0. The maximum absolute atomic E-state index is 11.7. The van der Waals surface area contributed by atoms with Crippen molar-refractivity contribution in [2.75, 3.05) is 13.2 Å². The topological polar surface area (TPSA) is 95.6 Å². The van der Waals surface area contributed by atoms with Gasteiger partial charge in [-0.15, -0.1) is 0 Å². The van der Waals surface area contributed by atoms with Gasteiger partial charge in [0.05, 0.1) is 12.1 Å². The van der Waals surface area contributed by atoms with Crippen LogP contribution < -0.4 is 11.1 Å². The van der Waals surface area contributed by atoms with Gasteiger partial charge in [-0.2, -0.15) is 0 Å². The normalized spacial score (nSPS) is 23.5. The molecule has 1 rings (SSSR count). The Labute approximate surface area is 89.7 Å². The number of nitrogens with two attached hydrogens (primary N) is 1. The quantitative estimate of drug-likeness (QED) is 0.490. The summed E-state index contributed by atoms with van der Waals surface area (Å²) in [4.78, 5) is 11.7. The van der Waals surface area contributed by atoms with Crippen LogP contribution in [0.15, 0.2) is 0 Å². The van der Waals surface area contributed by atoms with E-state index in [0.29, 0.717) is 12.8 Å². The van der Waals surface area contributed by atoms with Gasteiger partial charge < -0.3 is 21.3 Å². The summed E-state index contributed by atoms with van der Waals surface area (Å²) in [7, 11) is 0. The first kappa shape index (κ1) is 12.4. The summed E-state index contributed by atoms with van der Waals surface area (Å²) >= 11 is 0. The van der Waals surface area contributed by atoms with Crippen LogP contribution in [-0.2, 0) is 4.79 Å². The van der Waals surface area contributed by atoms with Crippen molar-refractivity contribution in [3.63, 3.8) is 0 Å². The second kappa shape index (κ2) is 4.47. The lowest BCUT2D eigenvalue weighted by Gasteiger charge is -2.26. The maximum Gasteiger partial charge on any atom is 0.240 e. The second-order valence-electron chi connectivity index (χ2n) is 4.70. The van der Waals surface area contributed by atoms with Crippen LogP contribution in [0.2, 0.25) is 0 Å². The van der Waals surface area contributed by atoms with E-state index in [4.69, 9.17) is 10.8 Å². The van der Waals surface area contributed by atoms with E-state index >= 15 is 0 Å². The summed E-state index contributed by atoms with van der Waals surface area (Å²) in [5.74, 6) is -0.228. The molecule has 15 heavy (non-hydrogen) atoms. The van der Waals surface area contributed by atoms with E-state index in [9.17, 15) is 9.90 Å². The number of nitrogens with one attached hydrogen (secondary N) is 1. The molecule has 5 N–H and O–H groups in total. The highest BCUT2D eigenvalue weighted by Crippen LogP contribution is 2.27. The molecule has 0 heterocycles. The first-order valence-corrected chi connectivity index (χ1v) is 5.30. The highest BCUT2D eigenvalue weighted by atomic mass is 16.3. The van der Waals surface area contributed by atoms with Gasteiger partial charge in [0.25, 0.3) is 0 Å². The minimum Gasteiger partial charge on any atom is -0.393 e. The van der Waals surface area contributed by atoms with Gasteiger partial charge in [-0.3, -0.25) is 4.79 Å². The number of aliphatic hydroxyl groups excluding tert-OH is 1. The Kier molecular flexibility index (Phi) is 3.70. The molecule has 1 aliphatic carbocycles. The lowest BCUT2D eigenvalue weighted by molar-refractivity contribution is -0.127. The van der Waals surface area contributed by atoms with Crippen LogP contribution in [0.3, 0.4) is 0 Å². The number of hydrogen-bond acceptors (Lipinski definition) is 4. The van der Waals surface area contributed by atoms with Gasteiger partial charge in [-0.1, -0.05) is 12.8 Å². The van der Waals surface area contributed by atoms with Gasteiger partial charge in [0, 0.05) is 6.54 Å². The number of aliphatic hydroxyl groups is 2. The Balaban J connectivity index is 2.42. The molecule has 1 atom stereocenters. The largest absolute Gasteiger partial charge is 0.393 e. The molecule has 0 aliphatic heterocycles. The summed E-state index contributed by atoms with van der Waals surface area (Å²) in [6.45, 7) is 1.11. The first-order valence-electron chi connectivity index (χ1n) is 5.30. The van der Waals surface area contributed by atoms with Crippen molar-refractivity contribution in [1.29, 1.82) is 0 Å². The van der Waals surface area contributed by atoms with E-state index < -0.39 is 11.1 Å². The predicted molar refractivity (Wildman–Crippen MR) is 56.1 cm³/mol. The molecule has 0 aromatic heterocycles. The van der Waals surface area contributed by atoms with Gasteiger partial charge in [0.1, 0.15) is 5.60 Å². The zero-order chi connectivity index (χ0) is 11.5. The van der Waals surface area contributed by atoms with Crippen molar-refractivity contribution in [3.05, 3.63) is 0 Å². The van der Waals surface area contributed by atoms with Crippen LogP contribution in [-0.4, -0.2) is 40.4 Å². The lowest BCUT2D eigenvalue weighted by atomic mass is 9.97. The van der Waals surface area contributed by atoms with Gasteiger partial charge in [-0.05, 0) is 19.8 Å². The summed E-state index contributed by atoms with van der Waals surface area (Å²) in [5.41, 5.74) is 3.87. The van der Waals surface area contributed by atoms with Gasteiger partial charge >= 0.3 is 0 Å². The van der Waals surface area contributed by atoms with Crippen LogP contribution in [0, 0.1) is 0 Å². The summed E-state index contributed by atoms with van der Waals surface area (Å²) in [5, 5.41) is 20.9. The van der Waals surface area contributed by atoms with E-state index in [1.54, 1.807) is 0 Å². The second-order valence-corrected chi connectivity index (χ2v) is 4.70. The zero-order valence-electron chi connectivity index (χ0n) is 9.12. The van der Waals surface area contributed by atoms with Gasteiger partial charge in [0.2, 0.25) is 5.91 Å². The standard InChI is InChI=1S/C10H20N2O3/c1-9(15,7-13)6-12-8(14)10(11)4-2-3-5-10/h13,15H,2-7,11H2,1H3,(H,12,14). The number of amides is 1. The van der Waals surface area contributed by atoms with Crippen LogP contribution in [0.25, 0.3) is 0 Å². The SMILES string of the molecule is CC(O)(CO)CNC(=O)C1(N)CCCC1. The third-order valence-electron chi connectivity index (χ3n) is 2.92. The third kappa shape index (κ3) is 3.15. The molecule has 1 aliphatic rings. The van der Waals surface area contributed by atoms with E-state index in [0.717, 1.165) is 12.8 Å². The van der Waals surface area contributed by atoms with Gasteiger partial charge in [0.15, 0.2) is 0 Å². The molecule has 0 bridgehead atoms. The molecule has 0 saturated heterocycles. The fraction of sp³-hybridized carbons (Fsp3) is 0.900. The molecule has 1 unspecified atom stereocenters.